The summed E-state index contributed by atoms with van der Waals surface area (Å²) in [5.41, 5.74) is 13.0. The topological polar surface area (TPSA) is 14.8 Å². The maximum absolute atomic E-state index is 3.04. The van der Waals surface area contributed by atoms with Crippen LogP contribution in [0, 0.1) is 0 Å². The molecule has 14 rings (SSSR count). The summed E-state index contributed by atoms with van der Waals surface area (Å²) >= 11 is 0. The summed E-state index contributed by atoms with van der Waals surface area (Å²) in [7, 11) is -3.04. The van der Waals surface area contributed by atoms with E-state index in [-0.39, 0.29) is 0 Å². The summed E-state index contributed by atoms with van der Waals surface area (Å²) < 4.78 is 7.40. The van der Waals surface area contributed by atoms with E-state index in [1.54, 1.807) is 0 Å². The second-order valence-corrected chi connectivity index (χ2v) is 22.2. The fourth-order valence-corrected chi connectivity index (χ4v) is 16.7. The van der Waals surface area contributed by atoms with Gasteiger partial charge in [0.1, 0.15) is 0 Å². The molecule has 0 atom stereocenters. The van der Waals surface area contributed by atoms with Crippen molar-refractivity contribution in [3.8, 4) is 28.2 Å². The van der Waals surface area contributed by atoms with Crippen molar-refractivity contribution in [2.75, 3.05) is 0 Å². The Morgan fingerprint density at radius 3 is 1.03 bits per heavy atom. The van der Waals surface area contributed by atoms with Crippen LogP contribution in [0.1, 0.15) is 0 Å². The van der Waals surface area contributed by atoms with Crippen LogP contribution >= 0.6 is 0 Å². The lowest BCUT2D eigenvalue weighted by Crippen LogP contribution is -2.75. The Morgan fingerprint density at radius 1 is 0.229 bits per heavy atom. The summed E-state index contributed by atoms with van der Waals surface area (Å²) in [4.78, 5) is 0. The molecule has 0 bridgehead atoms. The third kappa shape index (κ3) is 6.00. The largest absolute Gasteiger partial charge is 0.309 e. The van der Waals surface area contributed by atoms with E-state index in [9.17, 15) is 0 Å². The zero-order chi connectivity index (χ0) is 46.2. The van der Waals surface area contributed by atoms with Crippen molar-refractivity contribution in [2.45, 2.75) is 0 Å². The van der Waals surface area contributed by atoms with Gasteiger partial charge in [0.05, 0.1) is 33.1 Å². The van der Waals surface area contributed by atoms with E-state index < -0.39 is 8.07 Å². The molecule has 0 N–H and O–H groups in total. The standard InChI is InChI=1S/C66H45N3Si/c1-4-20-50(21-5-1)70(51-22-6-2-7-23-51,52-24-8-3-9-25-52)66-43-38-47(46-36-39-48(40-37-46)67-59-31-15-10-26-53(59)54-27-11-16-32-60(54)67)44-65(66)69-63-35-19-14-30-57(63)58-45-49(41-42-64(58)69)68-61-33-17-12-28-55(61)56-29-13-18-34-62(56)68/h1-45H. The lowest BCUT2D eigenvalue weighted by molar-refractivity contribution is 1.17. The molecule has 0 aliphatic carbocycles. The lowest BCUT2D eigenvalue weighted by atomic mass is 10.0. The minimum absolute atomic E-state index is 1.14. The quantitative estimate of drug-likeness (QED) is 0.107. The molecule has 3 heterocycles. The molecule has 0 aliphatic heterocycles. The Bertz CT molecular complexity index is 4070. The van der Waals surface area contributed by atoms with E-state index in [0.29, 0.717) is 0 Å². The Kier molecular flexibility index (Phi) is 9.23. The van der Waals surface area contributed by atoms with Crippen LogP contribution in [0.2, 0.25) is 0 Å². The summed E-state index contributed by atoms with van der Waals surface area (Å²) in [6.07, 6.45) is 0. The molecule has 328 valence electrons. The van der Waals surface area contributed by atoms with Crippen LogP contribution in [0.3, 0.4) is 0 Å². The molecule has 14 aromatic rings. The summed E-state index contributed by atoms with van der Waals surface area (Å²) in [5, 5.41) is 12.8. The zero-order valence-corrected chi connectivity index (χ0v) is 39.3. The van der Waals surface area contributed by atoms with E-state index in [0.717, 1.165) is 22.5 Å². The number of nitrogens with zero attached hydrogens (tertiary/aromatic N) is 3. The molecule has 0 saturated carbocycles. The van der Waals surface area contributed by atoms with E-state index in [1.807, 2.05) is 0 Å². The highest BCUT2D eigenvalue weighted by atomic mass is 28.3. The van der Waals surface area contributed by atoms with Gasteiger partial charge in [0.2, 0.25) is 0 Å². The summed E-state index contributed by atoms with van der Waals surface area (Å²) in [6.45, 7) is 0. The highest BCUT2D eigenvalue weighted by Crippen LogP contribution is 2.39. The van der Waals surface area contributed by atoms with Gasteiger partial charge in [-0.25, -0.2) is 0 Å². The van der Waals surface area contributed by atoms with Gasteiger partial charge in [-0.1, -0.05) is 206 Å². The van der Waals surface area contributed by atoms with Crippen molar-refractivity contribution in [1.82, 2.24) is 13.7 Å². The molecule has 0 saturated heterocycles. The first-order chi connectivity index (χ1) is 34.8. The molecular weight excluding hydrogens is 863 g/mol. The Morgan fingerprint density at radius 2 is 0.571 bits per heavy atom. The molecule has 0 radical (unpaired) electrons. The van der Waals surface area contributed by atoms with Gasteiger partial charge in [0.25, 0.3) is 0 Å². The van der Waals surface area contributed by atoms with Crippen molar-refractivity contribution in [3.63, 3.8) is 0 Å². The second-order valence-electron chi connectivity index (χ2n) is 18.4. The zero-order valence-electron chi connectivity index (χ0n) is 38.3. The molecule has 0 amide bonds. The minimum atomic E-state index is -3.04. The molecule has 0 unspecified atom stereocenters. The van der Waals surface area contributed by atoms with Crippen molar-refractivity contribution >= 4 is 94.2 Å². The van der Waals surface area contributed by atoms with Crippen LogP contribution in [-0.2, 0) is 0 Å². The summed E-state index contributed by atoms with van der Waals surface area (Å²) in [6, 6.07) is 102. The molecule has 0 spiro atoms. The molecule has 3 nitrogen and oxygen atoms in total. The third-order valence-corrected chi connectivity index (χ3v) is 19.6. The Labute approximate surface area is 407 Å². The second kappa shape index (κ2) is 16.1. The number of hydrogen-bond acceptors (Lipinski definition) is 0. The molecule has 4 heteroatoms. The van der Waals surface area contributed by atoms with Crippen molar-refractivity contribution in [1.29, 1.82) is 0 Å². The maximum atomic E-state index is 2.57. The minimum Gasteiger partial charge on any atom is -0.309 e. The average Bonchev–Trinajstić information content (AvgIpc) is 4.08. The predicted octanol–water partition coefficient (Wildman–Crippen LogP) is 14.0. The van der Waals surface area contributed by atoms with E-state index in [1.165, 1.54) is 91.9 Å². The number of rotatable bonds is 8. The van der Waals surface area contributed by atoms with E-state index in [2.05, 4.69) is 287 Å². The monoisotopic (exact) mass is 907 g/mol. The number of hydrogen-bond donors (Lipinski definition) is 0. The van der Waals surface area contributed by atoms with Gasteiger partial charge in [-0.15, -0.1) is 0 Å². The summed E-state index contributed by atoms with van der Waals surface area (Å²) in [5.74, 6) is 0. The fourth-order valence-electron chi connectivity index (χ4n) is 11.8. The van der Waals surface area contributed by atoms with E-state index in [4.69, 9.17) is 0 Å². The fraction of sp³-hybridized carbons (Fsp3) is 0. The van der Waals surface area contributed by atoms with Crippen molar-refractivity contribution in [3.05, 3.63) is 273 Å². The van der Waals surface area contributed by atoms with Gasteiger partial charge < -0.3 is 13.7 Å². The number of para-hydroxylation sites is 5. The van der Waals surface area contributed by atoms with Gasteiger partial charge in [-0.05, 0) is 98.6 Å². The van der Waals surface area contributed by atoms with Crippen molar-refractivity contribution in [2.24, 2.45) is 0 Å². The number of aromatic nitrogens is 3. The molecular formula is C66H45N3Si. The van der Waals surface area contributed by atoms with Gasteiger partial charge in [0, 0.05) is 49.4 Å². The van der Waals surface area contributed by atoms with Gasteiger partial charge in [-0.3, -0.25) is 0 Å². The van der Waals surface area contributed by atoms with Gasteiger partial charge in [0.15, 0.2) is 8.07 Å². The normalized spacial score (nSPS) is 12.0. The SMILES string of the molecule is c1ccc([Si](c2ccccc2)(c2ccccc2)c2ccc(-c3ccc(-n4c5ccccc5c5ccccc54)cc3)cc2-n2c3ccccc3c3cc(-n4c5ccccc5c5ccccc54)ccc32)cc1. The average molecular weight is 908 g/mol. The lowest BCUT2D eigenvalue weighted by Gasteiger charge is -2.36. The van der Waals surface area contributed by atoms with Crippen LogP contribution in [-0.4, -0.2) is 21.8 Å². The van der Waals surface area contributed by atoms with Crippen LogP contribution < -0.4 is 20.7 Å². The first kappa shape index (κ1) is 40.1. The smallest absolute Gasteiger partial charge is 0.181 e. The molecule has 0 fully saturated rings. The molecule has 11 aromatic carbocycles. The predicted molar refractivity (Wildman–Crippen MR) is 299 cm³/mol. The third-order valence-electron chi connectivity index (χ3n) is 14.8. The maximum Gasteiger partial charge on any atom is 0.181 e. The highest BCUT2D eigenvalue weighted by molar-refractivity contribution is 7.20. The highest BCUT2D eigenvalue weighted by Gasteiger charge is 2.43. The Balaban J connectivity index is 1.05. The molecule has 70 heavy (non-hydrogen) atoms. The first-order valence-corrected chi connectivity index (χ1v) is 26.2. The number of benzene rings is 11. The molecule has 3 aromatic heterocycles. The number of fused-ring (bicyclic) bond motifs is 9. The first-order valence-electron chi connectivity index (χ1n) is 24.2. The van der Waals surface area contributed by atoms with Crippen LogP contribution in [0.25, 0.3) is 93.6 Å². The van der Waals surface area contributed by atoms with Crippen LogP contribution in [0.5, 0.6) is 0 Å². The van der Waals surface area contributed by atoms with Crippen LogP contribution in [0.15, 0.2) is 273 Å². The van der Waals surface area contributed by atoms with Gasteiger partial charge in [-0.2, -0.15) is 0 Å². The Hall–Kier alpha value is -8.96. The van der Waals surface area contributed by atoms with E-state index >= 15 is 0 Å². The van der Waals surface area contributed by atoms with Gasteiger partial charge >= 0.3 is 0 Å². The van der Waals surface area contributed by atoms with Crippen molar-refractivity contribution < 1.29 is 0 Å². The molecule has 0 aliphatic rings. The van der Waals surface area contributed by atoms with Crippen LogP contribution in [0.4, 0.5) is 0 Å².